The molecule has 2 aromatic carbocycles. The Balaban J connectivity index is 1.49. The van der Waals surface area contributed by atoms with Crippen LogP contribution in [0.4, 0.5) is 11.4 Å². The first-order valence-corrected chi connectivity index (χ1v) is 9.93. The van der Waals surface area contributed by atoms with E-state index in [0.29, 0.717) is 22.9 Å². The second kappa shape index (κ2) is 9.86. The van der Waals surface area contributed by atoms with E-state index in [0.717, 1.165) is 11.3 Å². The van der Waals surface area contributed by atoms with Gasteiger partial charge in [0.25, 0.3) is 11.8 Å². The predicted octanol–water partition coefficient (Wildman–Crippen LogP) is 4.55. The Morgan fingerprint density at radius 2 is 1.72 bits per heavy atom. The van der Waals surface area contributed by atoms with Gasteiger partial charge in [-0.1, -0.05) is 18.2 Å². The van der Waals surface area contributed by atoms with Crippen molar-refractivity contribution in [1.29, 1.82) is 0 Å². The van der Waals surface area contributed by atoms with E-state index in [9.17, 15) is 9.59 Å². The van der Waals surface area contributed by atoms with Crippen LogP contribution in [-0.2, 0) is 16.1 Å². The summed E-state index contributed by atoms with van der Waals surface area (Å²) in [7, 11) is 1.61. The van der Waals surface area contributed by atoms with E-state index in [-0.39, 0.29) is 11.8 Å². The molecule has 0 radical (unpaired) electrons. The Bertz CT molecular complexity index is 955. The molecule has 2 amide bonds. The molecule has 0 saturated carbocycles. The fraction of sp³-hybridized carbons (Fsp3) is 0.182. The lowest BCUT2D eigenvalue weighted by Crippen LogP contribution is -2.27. The molecule has 1 atom stereocenters. The summed E-state index contributed by atoms with van der Waals surface area (Å²) in [6, 6.07) is 18.0. The van der Waals surface area contributed by atoms with Gasteiger partial charge in [-0.15, -0.1) is 11.3 Å². The van der Waals surface area contributed by atoms with Crippen LogP contribution in [0.15, 0.2) is 66.0 Å². The van der Waals surface area contributed by atoms with Crippen molar-refractivity contribution in [3.05, 3.63) is 76.5 Å². The maximum Gasteiger partial charge on any atom is 0.265 e. The van der Waals surface area contributed by atoms with Crippen molar-refractivity contribution in [3.8, 4) is 5.75 Å². The van der Waals surface area contributed by atoms with Gasteiger partial charge in [0.2, 0.25) is 0 Å². The second-order valence-corrected chi connectivity index (χ2v) is 7.25. The highest BCUT2D eigenvalue weighted by atomic mass is 32.1. The second-order valence-electron chi connectivity index (χ2n) is 6.30. The molecule has 0 aliphatic carbocycles. The largest absolute Gasteiger partial charge is 0.497 e. The number of hydrogen-bond donors (Lipinski definition) is 2. The summed E-state index contributed by atoms with van der Waals surface area (Å²) < 4.78 is 10.8. The number of ether oxygens (including phenoxy) is 2. The smallest absolute Gasteiger partial charge is 0.265 e. The van der Waals surface area contributed by atoms with Crippen LogP contribution in [0.1, 0.15) is 22.2 Å². The van der Waals surface area contributed by atoms with Gasteiger partial charge in [0.15, 0.2) is 0 Å². The van der Waals surface area contributed by atoms with Gasteiger partial charge in [0.05, 0.1) is 18.6 Å². The van der Waals surface area contributed by atoms with Gasteiger partial charge in [0.1, 0.15) is 11.9 Å². The van der Waals surface area contributed by atoms with Crippen molar-refractivity contribution >= 4 is 34.5 Å². The van der Waals surface area contributed by atoms with E-state index < -0.39 is 6.10 Å². The molecule has 0 bridgehead atoms. The maximum absolute atomic E-state index is 12.3. The van der Waals surface area contributed by atoms with Crippen molar-refractivity contribution in [2.24, 2.45) is 0 Å². The maximum atomic E-state index is 12.3. The van der Waals surface area contributed by atoms with Crippen LogP contribution in [0.25, 0.3) is 0 Å². The highest BCUT2D eigenvalue weighted by Crippen LogP contribution is 2.17. The third-order valence-electron chi connectivity index (χ3n) is 4.16. The summed E-state index contributed by atoms with van der Waals surface area (Å²) in [5.74, 6) is 0.342. The lowest BCUT2D eigenvalue weighted by Gasteiger charge is -2.14. The zero-order valence-corrected chi connectivity index (χ0v) is 17.0. The molecule has 29 heavy (non-hydrogen) atoms. The van der Waals surface area contributed by atoms with Gasteiger partial charge in [-0.25, -0.2) is 0 Å². The summed E-state index contributed by atoms with van der Waals surface area (Å²) in [6.45, 7) is 2.00. The summed E-state index contributed by atoms with van der Waals surface area (Å²) in [4.78, 5) is 25.1. The average Bonchev–Trinajstić information content (AvgIpc) is 3.28. The van der Waals surface area contributed by atoms with Crippen LogP contribution in [0, 0.1) is 0 Å². The van der Waals surface area contributed by atoms with E-state index in [2.05, 4.69) is 10.6 Å². The molecule has 1 heterocycles. The molecular formula is C22H22N2O4S. The Kier molecular flexibility index (Phi) is 6.99. The van der Waals surface area contributed by atoms with E-state index in [1.165, 1.54) is 11.3 Å². The van der Waals surface area contributed by atoms with Crippen LogP contribution in [-0.4, -0.2) is 25.0 Å². The van der Waals surface area contributed by atoms with Gasteiger partial charge >= 0.3 is 0 Å². The van der Waals surface area contributed by atoms with Gasteiger partial charge in [-0.2, -0.15) is 0 Å². The fourth-order valence-electron chi connectivity index (χ4n) is 2.54. The number of anilines is 2. The lowest BCUT2D eigenvalue weighted by atomic mass is 10.2. The molecule has 7 heteroatoms. The number of methoxy groups -OCH3 is 1. The molecule has 1 aromatic heterocycles. The quantitative estimate of drug-likeness (QED) is 0.571. The molecule has 0 aliphatic rings. The lowest BCUT2D eigenvalue weighted by molar-refractivity contribution is -0.127. The Hall–Kier alpha value is -3.16. The van der Waals surface area contributed by atoms with Crippen molar-refractivity contribution in [2.75, 3.05) is 17.7 Å². The fourth-order valence-corrected chi connectivity index (χ4v) is 3.16. The van der Waals surface area contributed by atoms with Gasteiger partial charge in [0, 0.05) is 11.4 Å². The van der Waals surface area contributed by atoms with Crippen molar-refractivity contribution < 1.29 is 19.1 Å². The summed E-state index contributed by atoms with van der Waals surface area (Å²) >= 11 is 1.38. The number of nitrogens with one attached hydrogen (secondary N) is 2. The zero-order valence-electron chi connectivity index (χ0n) is 16.2. The predicted molar refractivity (Wildman–Crippen MR) is 115 cm³/mol. The minimum Gasteiger partial charge on any atom is -0.497 e. The Morgan fingerprint density at radius 3 is 2.38 bits per heavy atom. The average molecular weight is 410 g/mol. The third-order valence-corrected chi connectivity index (χ3v) is 5.03. The molecule has 150 valence electrons. The molecule has 2 N–H and O–H groups in total. The van der Waals surface area contributed by atoms with Crippen molar-refractivity contribution in [2.45, 2.75) is 19.6 Å². The van der Waals surface area contributed by atoms with E-state index in [1.807, 2.05) is 35.7 Å². The number of rotatable bonds is 8. The topological polar surface area (TPSA) is 76.7 Å². The summed E-state index contributed by atoms with van der Waals surface area (Å²) in [5.41, 5.74) is 2.21. The molecule has 0 aliphatic heterocycles. The van der Waals surface area contributed by atoms with E-state index >= 15 is 0 Å². The van der Waals surface area contributed by atoms with Gasteiger partial charge in [-0.05, 0) is 60.3 Å². The molecule has 6 nitrogen and oxygen atoms in total. The molecule has 0 spiro atoms. The summed E-state index contributed by atoms with van der Waals surface area (Å²) in [6.07, 6.45) is -0.626. The van der Waals surface area contributed by atoms with Crippen LogP contribution in [0.5, 0.6) is 5.75 Å². The number of amides is 2. The number of carbonyl (C=O) groups excluding carboxylic acids is 2. The molecule has 1 unspecified atom stereocenters. The third kappa shape index (κ3) is 5.91. The number of benzene rings is 2. The first-order valence-electron chi connectivity index (χ1n) is 9.05. The Labute approximate surface area is 173 Å². The molecule has 0 fully saturated rings. The first kappa shape index (κ1) is 20.6. The molecule has 3 rings (SSSR count). The van der Waals surface area contributed by atoms with E-state index in [4.69, 9.17) is 9.47 Å². The number of hydrogen-bond acceptors (Lipinski definition) is 5. The normalized spacial score (nSPS) is 11.5. The van der Waals surface area contributed by atoms with Gasteiger partial charge in [-0.3, -0.25) is 9.59 Å². The Morgan fingerprint density at radius 1 is 1.00 bits per heavy atom. The van der Waals surface area contributed by atoms with Crippen molar-refractivity contribution in [1.82, 2.24) is 0 Å². The van der Waals surface area contributed by atoms with E-state index in [1.54, 1.807) is 44.4 Å². The SMILES string of the molecule is COc1cccc(COC(C)C(=O)Nc2ccc(NC(=O)c3cccs3)cc2)c1. The van der Waals surface area contributed by atoms with Crippen LogP contribution < -0.4 is 15.4 Å². The highest BCUT2D eigenvalue weighted by Gasteiger charge is 2.14. The first-order chi connectivity index (χ1) is 14.0. The zero-order chi connectivity index (χ0) is 20.6. The molecule has 3 aromatic rings. The highest BCUT2D eigenvalue weighted by molar-refractivity contribution is 7.12. The van der Waals surface area contributed by atoms with Crippen molar-refractivity contribution in [3.63, 3.8) is 0 Å². The molecular weight excluding hydrogens is 388 g/mol. The number of thiophene rings is 1. The van der Waals surface area contributed by atoms with Crippen LogP contribution >= 0.6 is 11.3 Å². The van der Waals surface area contributed by atoms with Crippen LogP contribution in [0.3, 0.4) is 0 Å². The molecule has 0 saturated heterocycles. The van der Waals surface area contributed by atoms with Crippen LogP contribution in [0.2, 0.25) is 0 Å². The minimum atomic E-state index is -0.626. The van der Waals surface area contributed by atoms with Gasteiger partial charge < -0.3 is 20.1 Å². The minimum absolute atomic E-state index is 0.156. The standard InChI is InChI=1S/C22H22N2O4S/c1-15(28-14-16-5-3-6-19(13-16)27-2)21(25)23-17-8-10-18(11-9-17)24-22(26)20-7-4-12-29-20/h3-13,15H,14H2,1-2H3,(H,23,25)(H,24,26). The monoisotopic (exact) mass is 410 g/mol. The number of carbonyl (C=O) groups is 2. The summed E-state index contributed by atoms with van der Waals surface area (Å²) in [5, 5.41) is 7.48.